The van der Waals surface area contributed by atoms with Crippen LogP contribution in [-0.4, -0.2) is 10.2 Å². The van der Waals surface area contributed by atoms with Crippen LogP contribution in [0.4, 0.5) is 5.69 Å². The van der Waals surface area contributed by atoms with Crippen molar-refractivity contribution in [2.75, 3.05) is 5.32 Å². The van der Waals surface area contributed by atoms with Crippen molar-refractivity contribution in [2.45, 2.75) is 25.3 Å². The molecule has 3 aromatic rings. The Labute approximate surface area is 118 Å². The van der Waals surface area contributed by atoms with Gasteiger partial charge in [0.15, 0.2) is 0 Å². The van der Waals surface area contributed by atoms with Crippen molar-refractivity contribution in [3.8, 4) is 0 Å². The molecule has 1 fully saturated rings. The molecule has 3 heteroatoms. The fourth-order valence-corrected chi connectivity index (χ4v) is 2.73. The average molecular weight is 263 g/mol. The number of aromatic nitrogens is 2. The summed E-state index contributed by atoms with van der Waals surface area (Å²) in [7, 11) is 0. The number of nitrogens with zero attached hydrogens (tertiary/aromatic N) is 1. The summed E-state index contributed by atoms with van der Waals surface area (Å²) < 4.78 is 0. The molecule has 1 aliphatic rings. The molecule has 100 valence electrons. The zero-order valence-electron chi connectivity index (χ0n) is 11.3. The first kappa shape index (κ1) is 11.5. The van der Waals surface area contributed by atoms with Crippen molar-refractivity contribution in [1.29, 1.82) is 0 Å². The monoisotopic (exact) mass is 263 g/mol. The van der Waals surface area contributed by atoms with E-state index in [-0.39, 0.29) is 0 Å². The van der Waals surface area contributed by atoms with Crippen LogP contribution in [0.3, 0.4) is 0 Å². The highest BCUT2D eigenvalue weighted by molar-refractivity contribution is 5.81. The summed E-state index contributed by atoms with van der Waals surface area (Å²) in [6, 6.07) is 15.1. The molecule has 3 nitrogen and oxygen atoms in total. The fourth-order valence-electron chi connectivity index (χ4n) is 2.73. The number of hydrogen-bond donors (Lipinski definition) is 2. The number of hydrogen-bond acceptors (Lipinski definition) is 2. The van der Waals surface area contributed by atoms with E-state index in [9.17, 15) is 0 Å². The van der Waals surface area contributed by atoms with Crippen molar-refractivity contribution in [3.63, 3.8) is 0 Å². The molecule has 0 bridgehead atoms. The average Bonchev–Trinajstić information content (AvgIpc) is 3.23. The highest BCUT2D eigenvalue weighted by Gasteiger charge is 2.25. The minimum absolute atomic E-state index is 0.795. The van der Waals surface area contributed by atoms with Crippen LogP contribution >= 0.6 is 0 Å². The second-order valence-electron chi connectivity index (χ2n) is 5.50. The minimum Gasteiger partial charge on any atom is -0.381 e. The number of rotatable bonds is 4. The van der Waals surface area contributed by atoms with Crippen molar-refractivity contribution < 1.29 is 0 Å². The maximum atomic E-state index is 4.05. The third-order valence-corrected chi connectivity index (χ3v) is 4.00. The Morgan fingerprint density at radius 3 is 2.95 bits per heavy atom. The molecule has 0 atom stereocenters. The van der Waals surface area contributed by atoms with Gasteiger partial charge in [-0.3, -0.25) is 5.10 Å². The van der Waals surface area contributed by atoms with Crippen LogP contribution in [0.25, 0.3) is 10.9 Å². The topological polar surface area (TPSA) is 40.7 Å². The molecule has 1 aliphatic carbocycles. The van der Waals surface area contributed by atoms with Crippen molar-refractivity contribution in [3.05, 3.63) is 59.8 Å². The first-order chi connectivity index (χ1) is 9.90. The van der Waals surface area contributed by atoms with Gasteiger partial charge in [-0.1, -0.05) is 24.3 Å². The van der Waals surface area contributed by atoms with E-state index in [1.165, 1.54) is 24.0 Å². The lowest BCUT2D eigenvalue weighted by atomic mass is 10.0. The van der Waals surface area contributed by atoms with E-state index in [0.29, 0.717) is 0 Å². The van der Waals surface area contributed by atoms with Crippen LogP contribution in [0, 0.1) is 0 Å². The lowest BCUT2D eigenvalue weighted by Crippen LogP contribution is -2.02. The predicted octanol–water partition coefficient (Wildman–Crippen LogP) is 4.05. The highest BCUT2D eigenvalue weighted by atomic mass is 15.1. The van der Waals surface area contributed by atoms with Gasteiger partial charge in [0.1, 0.15) is 0 Å². The smallest absolute Gasteiger partial charge is 0.0670 e. The quantitative estimate of drug-likeness (QED) is 0.745. The Bertz CT molecular complexity index is 741. The van der Waals surface area contributed by atoms with Crippen molar-refractivity contribution >= 4 is 16.6 Å². The summed E-state index contributed by atoms with van der Waals surface area (Å²) in [5.74, 6) is 0.795. The normalized spacial score (nSPS) is 14.6. The zero-order chi connectivity index (χ0) is 13.4. The third-order valence-electron chi connectivity index (χ3n) is 4.00. The summed E-state index contributed by atoms with van der Waals surface area (Å²) in [4.78, 5) is 0. The molecular weight excluding hydrogens is 246 g/mol. The Balaban J connectivity index is 1.54. The molecule has 2 N–H and O–H groups in total. The van der Waals surface area contributed by atoms with Gasteiger partial charge >= 0.3 is 0 Å². The molecule has 0 amide bonds. The standard InChI is InChI=1S/C17H17N3/c1-2-4-16(12-5-6-12)13(3-1)10-18-15-8-7-14-11-19-20-17(14)9-15/h1-4,7-9,11-12,18H,5-6,10H2,(H,19,20). The van der Waals surface area contributed by atoms with E-state index in [0.717, 1.165) is 29.1 Å². The summed E-state index contributed by atoms with van der Waals surface area (Å²) in [6.45, 7) is 0.881. The van der Waals surface area contributed by atoms with Gasteiger partial charge in [-0.05, 0) is 48.1 Å². The predicted molar refractivity (Wildman–Crippen MR) is 81.8 cm³/mol. The Kier molecular flexibility index (Phi) is 2.69. The Morgan fingerprint density at radius 1 is 1.15 bits per heavy atom. The second kappa shape index (κ2) is 4.67. The minimum atomic E-state index is 0.795. The SMILES string of the molecule is c1ccc(C2CC2)c(CNc2ccc3cn[nH]c3c2)c1. The van der Waals surface area contributed by atoms with Gasteiger partial charge in [-0.2, -0.15) is 5.10 Å². The van der Waals surface area contributed by atoms with Gasteiger partial charge in [-0.15, -0.1) is 0 Å². The largest absolute Gasteiger partial charge is 0.381 e. The maximum absolute atomic E-state index is 4.05. The van der Waals surface area contributed by atoms with E-state index in [1.807, 2.05) is 6.20 Å². The molecule has 0 spiro atoms. The number of aromatic amines is 1. The summed E-state index contributed by atoms with van der Waals surface area (Å²) >= 11 is 0. The molecule has 1 saturated carbocycles. The lowest BCUT2D eigenvalue weighted by molar-refractivity contribution is 1.04. The van der Waals surface area contributed by atoms with Crippen LogP contribution in [0.2, 0.25) is 0 Å². The van der Waals surface area contributed by atoms with Crippen LogP contribution < -0.4 is 5.32 Å². The molecule has 0 radical (unpaired) electrons. The van der Waals surface area contributed by atoms with E-state index < -0.39 is 0 Å². The van der Waals surface area contributed by atoms with Gasteiger partial charge in [0, 0.05) is 17.6 Å². The Hall–Kier alpha value is -2.29. The molecule has 4 rings (SSSR count). The van der Waals surface area contributed by atoms with Crippen molar-refractivity contribution in [1.82, 2.24) is 10.2 Å². The molecule has 1 heterocycles. The van der Waals surface area contributed by atoms with Crippen LogP contribution in [-0.2, 0) is 6.54 Å². The van der Waals surface area contributed by atoms with Crippen LogP contribution in [0.15, 0.2) is 48.7 Å². The van der Waals surface area contributed by atoms with Gasteiger partial charge in [-0.25, -0.2) is 0 Å². The van der Waals surface area contributed by atoms with Gasteiger partial charge < -0.3 is 5.32 Å². The Morgan fingerprint density at radius 2 is 2.05 bits per heavy atom. The van der Waals surface area contributed by atoms with E-state index in [4.69, 9.17) is 0 Å². The van der Waals surface area contributed by atoms with Crippen LogP contribution in [0.5, 0.6) is 0 Å². The first-order valence-corrected chi connectivity index (χ1v) is 7.15. The number of H-pyrrole nitrogens is 1. The van der Waals surface area contributed by atoms with Gasteiger partial charge in [0.05, 0.1) is 11.7 Å². The zero-order valence-corrected chi connectivity index (χ0v) is 11.3. The number of anilines is 1. The summed E-state index contributed by atoms with van der Waals surface area (Å²) in [5.41, 5.74) is 5.14. The van der Waals surface area contributed by atoms with Crippen LogP contribution in [0.1, 0.15) is 29.9 Å². The highest BCUT2D eigenvalue weighted by Crippen LogP contribution is 2.41. The third kappa shape index (κ3) is 2.16. The molecule has 1 aromatic heterocycles. The molecule has 0 aliphatic heterocycles. The maximum Gasteiger partial charge on any atom is 0.0670 e. The molecule has 20 heavy (non-hydrogen) atoms. The van der Waals surface area contributed by atoms with Gasteiger partial charge in [0.2, 0.25) is 0 Å². The number of benzene rings is 2. The van der Waals surface area contributed by atoms with Crippen molar-refractivity contribution in [2.24, 2.45) is 0 Å². The van der Waals surface area contributed by atoms with E-state index in [1.54, 1.807) is 0 Å². The molecular formula is C17H17N3. The van der Waals surface area contributed by atoms with E-state index >= 15 is 0 Å². The van der Waals surface area contributed by atoms with E-state index in [2.05, 4.69) is 58.0 Å². The molecule has 2 aromatic carbocycles. The second-order valence-corrected chi connectivity index (χ2v) is 5.50. The fraction of sp³-hybridized carbons (Fsp3) is 0.235. The lowest BCUT2D eigenvalue weighted by Gasteiger charge is -2.11. The van der Waals surface area contributed by atoms with Gasteiger partial charge in [0.25, 0.3) is 0 Å². The summed E-state index contributed by atoms with van der Waals surface area (Å²) in [5, 5.41) is 11.7. The molecule has 0 unspecified atom stereocenters. The summed E-state index contributed by atoms with van der Waals surface area (Å²) in [6.07, 6.45) is 4.54. The number of fused-ring (bicyclic) bond motifs is 1. The number of nitrogens with one attached hydrogen (secondary N) is 2. The molecule has 0 saturated heterocycles. The first-order valence-electron chi connectivity index (χ1n) is 7.15.